The summed E-state index contributed by atoms with van der Waals surface area (Å²) in [5.74, 6) is 1.56. The van der Waals surface area contributed by atoms with Gasteiger partial charge in [0.15, 0.2) is 0 Å². The Balaban J connectivity index is 1.66. The number of hydrogen-bond acceptors (Lipinski definition) is 4. The first-order valence-electron chi connectivity index (χ1n) is 6.39. The highest BCUT2D eigenvalue weighted by Gasteiger charge is 1.96. The van der Waals surface area contributed by atoms with Gasteiger partial charge < -0.3 is 15.2 Å². The molecule has 0 aliphatic heterocycles. The SMILES string of the molecule is N#Cc1ccc(OCCCOc2ccc(N)cc2)cc1. The molecule has 2 aromatic rings. The molecule has 0 bridgehead atoms. The molecular formula is C16H16N2O2. The summed E-state index contributed by atoms with van der Waals surface area (Å²) in [6, 6.07) is 16.4. The van der Waals surface area contributed by atoms with Gasteiger partial charge in [0.2, 0.25) is 0 Å². The molecule has 0 aliphatic rings. The highest BCUT2D eigenvalue weighted by molar-refractivity contribution is 5.41. The number of nitrogen functional groups attached to an aromatic ring is 1. The monoisotopic (exact) mass is 268 g/mol. The first kappa shape index (κ1) is 13.8. The van der Waals surface area contributed by atoms with Crippen LogP contribution in [0.2, 0.25) is 0 Å². The van der Waals surface area contributed by atoms with Gasteiger partial charge in [-0.15, -0.1) is 0 Å². The van der Waals surface area contributed by atoms with Gasteiger partial charge in [-0.25, -0.2) is 0 Å². The van der Waals surface area contributed by atoms with E-state index >= 15 is 0 Å². The number of nitrogens with zero attached hydrogens (tertiary/aromatic N) is 1. The van der Waals surface area contributed by atoms with E-state index in [0.29, 0.717) is 18.8 Å². The molecule has 0 aliphatic carbocycles. The zero-order chi connectivity index (χ0) is 14.2. The molecule has 0 saturated carbocycles. The van der Waals surface area contributed by atoms with Crippen molar-refractivity contribution in [2.45, 2.75) is 6.42 Å². The van der Waals surface area contributed by atoms with Crippen LogP contribution < -0.4 is 15.2 Å². The largest absolute Gasteiger partial charge is 0.493 e. The van der Waals surface area contributed by atoms with Crippen LogP contribution in [0.4, 0.5) is 5.69 Å². The molecule has 0 saturated heterocycles. The van der Waals surface area contributed by atoms with Gasteiger partial charge in [0.25, 0.3) is 0 Å². The standard InChI is InChI=1S/C16H16N2O2/c17-12-13-2-6-15(7-3-13)19-10-1-11-20-16-8-4-14(18)5-9-16/h2-9H,1,10-11,18H2. The molecule has 0 radical (unpaired) electrons. The number of benzene rings is 2. The first-order valence-corrected chi connectivity index (χ1v) is 6.39. The lowest BCUT2D eigenvalue weighted by Gasteiger charge is -2.08. The Bertz CT molecular complexity index is 571. The summed E-state index contributed by atoms with van der Waals surface area (Å²) in [6.07, 6.45) is 0.782. The normalized spacial score (nSPS) is 9.75. The molecule has 4 heteroatoms. The minimum atomic E-state index is 0.570. The van der Waals surface area contributed by atoms with Crippen LogP contribution in [0.15, 0.2) is 48.5 Å². The minimum absolute atomic E-state index is 0.570. The molecule has 0 aromatic heterocycles. The van der Waals surface area contributed by atoms with Gasteiger partial charge in [0.05, 0.1) is 24.8 Å². The van der Waals surface area contributed by atoms with Gasteiger partial charge in [0, 0.05) is 12.1 Å². The molecule has 20 heavy (non-hydrogen) atoms. The van der Waals surface area contributed by atoms with Crippen LogP contribution in [0.25, 0.3) is 0 Å². The summed E-state index contributed by atoms with van der Waals surface area (Å²) >= 11 is 0. The Morgan fingerprint density at radius 1 is 0.850 bits per heavy atom. The summed E-state index contributed by atoms with van der Waals surface area (Å²) in [6.45, 7) is 1.15. The fourth-order valence-corrected chi connectivity index (χ4v) is 1.63. The summed E-state index contributed by atoms with van der Waals surface area (Å²) in [5, 5.41) is 8.68. The Hall–Kier alpha value is -2.67. The van der Waals surface area contributed by atoms with Crippen LogP contribution in [-0.4, -0.2) is 13.2 Å². The molecule has 0 unspecified atom stereocenters. The number of nitriles is 1. The highest BCUT2D eigenvalue weighted by atomic mass is 16.5. The number of ether oxygens (including phenoxy) is 2. The topological polar surface area (TPSA) is 68.3 Å². The number of rotatable bonds is 6. The maximum absolute atomic E-state index is 8.68. The van der Waals surface area contributed by atoms with Crippen LogP contribution in [-0.2, 0) is 0 Å². The average molecular weight is 268 g/mol. The zero-order valence-electron chi connectivity index (χ0n) is 11.1. The minimum Gasteiger partial charge on any atom is -0.493 e. The van der Waals surface area contributed by atoms with Crippen LogP contribution in [0.1, 0.15) is 12.0 Å². The van der Waals surface area contributed by atoms with E-state index in [1.807, 2.05) is 24.3 Å². The Labute approximate surface area is 118 Å². The van der Waals surface area contributed by atoms with Crippen molar-refractivity contribution in [3.63, 3.8) is 0 Å². The zero-order valence-corrected chi connectivity index (χ0v) is 11.1. The number of hydrogen-bond donors (Lipinski definition) is 1. The van der Waals surface area contributed by atoms with Crippen molar-refractivity contribution in [2.24, 2.45) is 0 Å². The van der Waals surface area contributed by atoms with Gasteiger partial charge in [0.1, 0.15) is 11.5 Å². The second-order valence-electron chi connectivity index (χ2n) is 4.26. The van der Waals surface area contributed by atoms with Gasteiger partial charge in [-0.1, -0.05) is 0 Å². The second-order valence-corrected chi connectivity index (χ2v) is 4.26. The lowest BCUT2D eigenvalue weighted by atomic mass is 10.2. The van der Waals surface area contributed by atoms with Crippen LogP contribution in [0.3, 0.4) is 0 Å². The summed E-state index contributed by atoms with van der Waals surface area (Å²) < 4.78 is 11.1. The van der Waals surface area contributed by atoms with E-state index in [-0.39, 0.29) is 0 Å². The van der Waals surface area contributed by atoms with Crippen LogP contribution in [0.5, 0.6) is 11.5 Å². The van der Waals surface area contributed by atoms with Crippen molar-refractivity contribution < 1.29 is 9.47 Å². The van der Waals surface area contributed by atoms with Crippen molar-refractivity contribution in [2.75, 3.05) is 18.9 Å². The third-order valence-electron chi connectivity index (χ3n) is 2.69. The summed E-state index contributed by atoms with van der Waals surface area (Å²) in [5.41, 5.74) is 6.94. The maximum Gasteiger partial charge on any atom is 0.119 e. The van der Waals surface area contributed by atoms with E-state index < -0.39 is 0 Å². The molecule has 0 atom stereocenters. The van der Waals surface area contributed by atoms with Crippen molar-refractivity contribution in [3.8, 4) is 17.6 Å². The molecular weight excluding hydrogens is 252 g/mol. The summed E-state index contributed by atoms with van der Waals surface area (Å²) in [7, 11) is 0. The Morgan fingerprint density at radius 2 is 1.35 bits per heavy atom. The molecule has 0 fully saturated rings. The Morgan fingerprint density at radius 3 is 1.85 bits per heavy atom. The Kier molecular flexibility index (Phi) is 4.85. The second kappa shape index (κ2) is 7.05. The molecule has 2 aromatic carbocycles. The van der Waals surface area contributed by atoms with Crippen molar-refractivity contribution in [3.05, 3.63) is 54.1 Å². The highest BCUT2D eigenvalue weighted by Crippen LogP contribution is 2.14. The van der Waals surface area contributed by atoms with Gasteiger partial charge in [-0.3, -0.25) is 0 Å². The van der Waals surface area contributed by atoms with E-state index in [2.05, 4.69) is 6.07 Å². The average Bonchev–Trinajstić information content (AvgIpc) is 2.49. The van der Waals surface area contributed by atoms with E-state index in [0.717, 1.165) is 23.6 Å². The third kappa shape index (κ3) is 4.21. The lowest BCUT2D eigenvalue weighted by molar-refractivity contribution is 0.247. The van der Waals surface area contributed by atoms with E-state index in [9.17, 15) is 0 Å². The molecule has 4 nitrogen and oxygen atoms in total. The molecule has 2 rings (SSSR count). The predicted octanol–water partition coefficient (Wildman–Crippen LogP) is 2.99. The summed E-state index contributed by atoms with van der Waals surface area (Å²) in [4.78, 5) is 0. The quantitative estimate of drug-likeness (QED) is 0.646. The van der Waals surface area contributed by atoms with Crippen molar-refractivity contribution in [1.29, 1.82) is 5.26 Å². The maximum atomic E-state index is 8.68. The predicted molar refractivity (Wildman–Crippen MR) is 77.6 cm³/mol. The molecule has 0 amide bonds. The smallest absolute Gasteiger partial charge is 0.119 e. The number of anilines is 1. The van der Waals surface area contributed by atoms with E-state index in [1.54, 1.807) is 24.3 Å². The molecule has 0 heterocycles. The van der Waals surface area contributed by atoms with E-state index in [4.69, 9.17) is 20.5 Å². The first-order chi connectivity index (χ1) is 9.78. The van der Waals surface area contributed by atoms with Crippen LogP contribution in [0, 0.1) is 11.3 Å². The van der Waals surface area contributed by atoms with Crippen LogP contribution >= 0.6 is 0 Å². The fraction of sp³-hybridized carbons (Fsp3) is 0.188. The van der Waals surface area contributed by atoms with E-state index in [1.165, 1.54) is 0 Å². The van der Waals surface area contributed by atoms with Gasteiger partial charge in [-0.2, -0.15) is 5.26 Å². The number of nitrogens with two attached hydrogens (primary N) is 1. The van der Waals surface area contributed by atoms with Gasteiger partial charge >= 0.3 is 0 Å². The fourth-order valence-electron chi connectivity index (χ4n) is 1.63. The van der Waals surface area contributed by atoms with Gasteiger partial charge in [-0.05, 0) is 48.5 Å². The molecule has 102 valence electrons. The van der Waals surface area contributed by atoms with Crippen molar-refractivity contribution >= 4 is 5.69 Å². The van der Waals surface area contributed by atoms with Crippen molar-refractivity contribution in [1.82, 2.24) is 0 Å². The lowest BCUT2D eigenvalue weighted by Crippen LogP contribution is -2.05. The molecule has 2 N–H and O–H groups in total. The molecule has 0 spiro atoms. The third-order valence-corrected chi connectivity index (χ3v) is 2.69.